The third-order valence-electron chi connectivity index (χ3n) is 5.77. The van der Waals surface area contributed by atoms with Gasteiger partial charge in [0.2, 0.25) is 0 Å². The summed E-state index contributed by atoms with van der Waals surface area (Å²) in [6.07, 6.45) is 7.76. The highest BCUT2D eigenvalue weighted by Crippen LogP contribution is 2.37. The SMILES string of the molecule is Cc1c(C2CC(c3ncc4nccc-4[nH]3)CC(C)N2)cnn1-c1ccccc1. The van der Waals surface area contributed by atoms with E-state index in [0.717, 1.165) is 35.7 Å². The highest BCUT2D eigenvalue weighted by Gasteiger charge is 2.31. The number of nitrogens with zero attached hydrogens (tertiary/aromatic N) is 4. The molecule has 142 valence electrons. The number of aromatic amines is 1. The van der Waals surface area contributed by atoms with Gasteiger partial charge in [-0.2, -0.15) is 5.10 Å². The number of hydrogen-bond acceptors (Lipinski definition) is 4. The lowest BCUT2D eigenvalue weighted by molar-refractivity contribution is 0.299. The minimum atomic E-state index is 0.259. The number of rotatable bonds is 3. The van der Waals surface area contributed by atoms with Crippen molar-refractivity contribution in [3.05, 3.63) is 72.1 Å². The summed E-state index contributed by atoms with van der Waals surface area (Å²) in [5.41, 5.74) is 5.51. The van der Waals surface area contributed by atoms with Crippen LogP contribution in [0, 0.1) is 6.92 Å². The number of fused-ring (bicyclic) bond motifs is 1. The topological polar surface area (TPSA) is 71.4 Å². The molecule has 2 N–H and O–H groups in total. The molecule has 28 heavy (non-hydrogen) atoms. The van der Waals surface area contributed by atoms with Gasteiger partial charge in [0.1, 0.15) is 11.5 Å². The molecule has 3 aliphatic heterocycles. The number of piperidine rings is 1. The van der Waals surface area contributed by atoms with Crippen LogP contribution in [0.1, 0.15) is 48.8 Å². The Morgan fingerprint density at radius 1 is 1.04 bits per heavy atom. The van der Waals surface area contributed by atoms with E-state index in [-0.39, 0.29) is 6.04 Å². The van der Waals surface area contributed by atoms with E-state index in [1.807, 2.05) is 47.5 Å². The zero-order valence-electron chi connectivity index (χ0n) is 16.1. The molecule has 3 atom stereocenters. The third kappa shape index (κ3) is 2.99. The van der Waals surface area contributed by atoms with Crippen molar-refractivity contribution in [1.82, 2.24) is 30.0 Å². The Hall–Kier alpha value is -2.99. The number of H-pyrrole nitrogens is 1. The first-order chi connectivity index (χ1) is 13.7. The van der Waals surface area contributed by atoms with Crippen LogP contribution in [-0.4, -0.2) is 30.8 Å². The lowest BCUT2D eigenvalue weighted by Crippen LogP contribution is -2.38. The zero-order chi connectivity index (χ0) is 19.1. The van der Waals surface area contributed by atoms with Gasteiger partial charge in [0.25, 0.3) is 0 Å². The maximum Gasteiger partial charge on any atom is 0.109 e. The van der Waals surface area contributed by atoms with E-state index in [9.17, 15) is 0 Å². The van der Waals surface area contributed by atoms with Crippen molar-refractivity contribution in [3.63, 3.8) is 0 Å². The van der Waals surface area contributed by atoms with Gasteiger partial charge >= 0.3 is 0 Å². The van der Waals surface area contributed by atoms with Crippen LogP contribution >= 0.6 is 0 Å². The average molecular weight is 372 g/mol. The van der Waals surface area contributed by atoms with E-state index < -0.39 is 0 Å². The third-order valence-corrected chi connectivity index (χ3v) is 5.77. The Labute approximate surface area is 164 Å². The first-order valence-electron chi connectivity index (χ1n) is 9.84. The van der Waals surface area contributed by atoms with E-state index >= 15 is 0 Å². The first kappa shape index (κ1) is 17.1. The average Bonchev–Trinajstić information content (AvgIpc) is 3.34. The van der Waals surface area contributed by atoms with Gasteiger partial charge in [-0.1, -0.05) is 18.2 Å². The molecule has 3 aliphatic rings. The molecule has 1 saturated heterocycles. The quantitative estimate of drug-likeness (QED) is 0.570. The highest BCUT2D eigenvalue weighted by atomic mass is 15.3. The molecule has 3 unspecified atom stereocenters. The summed E-state index contributed by atoms with van der Waals surface area (Å²) in [6, 6.07) is 13.0. The largest absolute Gasteiger partial charge is 0.342 e. The molecular weight excluding hydrogens is 348 g/mol. The minimum Gasteiger partial charge on any atom is -0.342 e. The summed E-state index contributed by atoms with van der Waals surface area (Å²) in [5, 5.41) is 8.43. The fourth-order valence-electron chi connectivity index (χ4n) is 4.38. The van der Waals surface area contributed by atoms with Crippen molar-refractivity contribution in [3.8, 4) is 17.1 Å². The van der Waals surface area contributed by atoms with Gasteiger partial charge < -0.3 is 10.3 Å². The number of benzene rings is 1. The molecule has 6 nitrogen and oxygen atoms in total. The van der Waals surface area contributed by atoms with Gasteiger partial charge in [0, 0.05) is 35.5 Å². The summed E-state index contributed by atoms with van der Waals surface area (Å²) in [5.74, 6) is 1.42. The number of aromatic nitrogens is 5. The predicted octanol–water partition coefficient (Wildman–Crippen LogP) is 4.00. The highest BCUT2D eigenvalue weighted by molar-refractivity contribution is 5.54. The second-order valence-electron chi connectivity index (χ2n) is 7.73. The van der Waals surface area contributed by atoms with Crippen LogP contribution in [0.15, 0.2) is 55.0 Å². The molecule has 1 aromatic heterocycles. The van der Waals surface area contributed by atoms with Gasteiger partial charge in [-0.15, -0.1) is 0 Å². The second kappa shape index (κ2) is 6.87. The molecule has 1 fully saturated rings. The van der Waals surface area contributed by atoms with Crippen molar-refractivity contribution in [2.75, 3.05) is 0 Å². The lowest BCUT2D eigenvalue weighted by atomic mass is 9.85. The van der Waals surface area contributed by atoms with Crippen LogP contribution in [0.25, 0.3) is 17.1 Å². The van der Waals surface area contributed by atoms with Crippen LogP contribution in [-0.2, 0) is 0 Å². The summed E-state index contributed by atoms with van der Waals surface area (Å²) in [7, 11) is 0. The van der Waals surface area contributed by atoms with E-state index in [1.54, 1.807) is 0 Å². The molecule has 4 heterocycles. The first-order valence-corrected chi connectivity index (χ1v) is 9.84. The van der Waals surface area contributed by atoms with Crippen molar-refractivity contribution >= 4 is 0 Å². The molecule has 0 radical (unpaired) electrons. The van der Waals surface area contributed by atoms with Crippen molar-refractivity contribution in [2.45, 2.75) is 44.7 Å². The molecule has 2 aromatic rings. The molecule has 1 aromatic carbocycles. The normalized spacial score (nSPS) is 22.6. The summed E-state index contributed by atoms with van der Waals surface area (Å²) < 4.78 is 2.03. The smallest absolute Gasteiger partial charge is 0.109 e. The van der Waals surface area contributed by atoms with Gasteiger partial charge in [-0.25, -0.2) is 9.67 Å². The second-order valence-corrected chi connectivity index (χ2v) is 7.73. The van der Waals surface area contributed by atoms with Crippen LogP contribution in [0.4, 0.5) is 0 Å². The summed E-state index contributed by atoms with van der Waals surface area (Å²) in [4.78, 5) is 12.5. The lowest BCUT2D eigenvalue weighted by Gasteiger charge is -2.34. The van der Waals surface area contributed by atoms with Crippen LogP contribution in [0.3, 0.4) is 0 Å². The Bertz CT molecular complexity index is 1050. The van der Waals surface area contributed by atoms with E-state index in [1.165, 1.54) is 11.3 Å². The van der Waals surface area contributed by atoms with Crippen molar-refractivity contribution in [1.29, 1.82) is 0 Å². The van der Waals surface area contributed by atoms with Crippen molar-refractivity contribution in [2.24, 2.45) is 0 Å². The number of nitrogens with one attached hydrogen (secondary N) is 2. The molecule has 0 saturated carbocycles. The maximum absolute atomic E-state index is 4.67. The van der Waals surface area contributed by atoms with Gasteiger partial charge in [-0.05, 0) is 44.9 Å². The molecule has 0 bridgehead atoms. The zero-order valence-corrected chi connectivity index (χ0v) is 16.1. The van der Waals surface area contributed by atoms with Crippen LogP contribution < -0.4 is 5.32 Å². The number of hydrogen-bond donors (Lipinski definition) is 2. The molecule has 0 amide bonds. The van der Waals surface area contributed by atoms with Gasteiger partial charge in [-0.3, -0.25) is 4.98 Å². The minimum absolute atomic E-state index is 0.259. The molecule has 0 spiro atoms. The Kier molecular flexibility index (Phi) is 4.20. The Morgan fingerprint density at radius 3 is 2.75 bits per heavy atom. The van der Waals surface area contributed by atoms with Gasteiger partial charge in [0.05, 0.1) is 23.8 Å². The van der Waals surface area contributed by atoms with E-state index in [4.69, 9.17) is 0 Å². The van der Waals surface area contributed by atoms with Crippen LogP contribution in [0.2, 0.25) is 0 Å². The molecular formula is C22H24N6. The van der Waals surface area contributed by atoms with E-state index in [2.05, 4.69) is 51.3 Å². The maximum atomic E-state index is 4.67. The molecule has 6 heteroatoms. The van der Waals surface area contributed by atoms with Crippen LogP contribution in [0.5, 0.6) is 0 Å². The van der Waals surface area contributed by atoms with Gasteiger partial charge in [0.15, 0.2) is 0 Å². The standard InChI is InChI=1S/C22H24N6/c1-14-10-16(22-24-13-21-19(27-22)8-9-23-21)11-20(26-14)18-12-25-28(15(18)2)17-6-4-3-5-7-17/h3-9,12-14,16,20,26H,10-11H2,1-2H3,(H,24,27). The fraction of sp³-hybridized carbons (Fsp3) is 0.318. The molecule has 0 aliphatic carbocycles. The summed E-state index contributed by atoms with van der Waals surface area (Å²) >= 11 is 0. The Balaban J connectivity index is 1.45. The van der Waals surface area contributed by atoms with Crippen molar-refractivity contribution < 1.29 is 0 Å². The molecule has 5 rings (SSSR count). The monoisotopic (exact) mass is 372 g/mol. The number of para-hydroxylation sites is 1. The van der Waals surface area contributed by atoms with E-state index in [0.29, 0.717) is 12.0 Å². The fourth-order valence-corrected chi connectivity index (χ4v) is 4.38. The Morgan fingerprint density at radius 2 is 1.89 bits per heavy atom. The summed E-state index contributed by atoms with van der Waals surface area (Å²) in [6.45, 7) is 4.40. The predicted molar refractivity (Wildman–Crippen MR) is 109 cm³/mol.